The van der Waals surface area contributed by atoms with E-state index in [1.165, 1.54) is 32.1 Å². The van der Waals surface area contributed by atoms with Crippen LogP contribution < -0.4 is 10.6 Å². The Hall–Kier alpha value is -2.71. The standard InChI is InChI=1S/C30H44N2O5S.4C2H6/c1-5-7-8-12-23(6-2)16-18-31-21-24-14-15-26(27(20-24)25-13-10-9-11-22(25)3)29(33)32-28(30(34)35)17-19-38(4,36)37;4*1-2/h9-11,13-15,20,23,28,31H,5-8,12,16-19,21H2,1-4H3,(H,32,33)(H,34,35);4*1-2H3. The summed E-state index contributed by atoms with van der Waals surface area (Å²) in [4.78, 5) is 25.0. The monoisotopic (exact) mass is 664 g/mol. The smallest absolute Gasteiger partial charge is 0.326 e. The summed E-state index contributed by atoms with van der Waals surface area (Å²) in [6.07, 6.45) is 8.26. The summed E-state index contributed by atoms with van der Waals surface area (Å²) in [5.74, 6) is -1.40. The van der Waals surface area contributed by atoms with Crippen LogP contribution in [0.4, 0.5) is 0 Å². The third-order valence-corrected chi connectivity index (χ3v) is 7.97. The van der Waals surface area contributed by atoms with E-state index in [0.717, 1.165) is 47.4 Å². The number of carbonyl (C=O) groups excluding carboxylic acids is 1. The minimum Gasteiger partial charge on any atom is -0.480 e. The molecule has 2 rings (SSSR count). The number of hydrogen-bond donors (Lipinski definition) is 3. The molecular formula is C38H68N2O5S. The molecule has 0 radical (unpaired) electrons. The molecule has 0 heterocycles. The number of aliphatic carboxylic acids is 1. The number of carbonyl (C=O) groups is 2. The van der Waals surface area contributed by atoms with Crippen LogP contribution in [0.1, 0.15) is 136 Å². The molecule has 2 aromatic rings. The fraction of sp³-hybridized carbons (Fsp3) is 0.632. The summed E-state index contributed by atoms with van der Waals surface area (Å²) in [6.45, 7) is 24.0. The zero-order valence-corrected chi connectivity index (χ0v) is 32.1. The first kappa shape index (κ1) is 47.7. The normalized spacial score (nSPS) is 11.4. The topological polar surface area (TPSA) is 113 Å². The first-order valence-corrected chi connectivity index (χ1v) is 19.7. The van der Waals surface area contributed by atoms with Crippen molar-refractivity contribution >= 4 is 21.7 Å². The SMILES string of the molecule is CC.CC.CC.CC.CCCCCC(CC)CCNCc1ccc(C(=O)NC(CCS(C)(=O)=O)C(=O)O)c(-c2ccccc2C)c1. The molecule has 1 amide bonds. The van der Waals surface area contributed by atoms with Crippen LogP contribution in [0.25, 0.3) is 11.1 Å². The molecule has 3 N–H and O–H groups in total. The van der Waals surface area contributed by atoms with Gasteiger partial charge in [0.05, 0.1) is 5.75 Å². The molecule has 2 atom stereocenters. The van der Waals surface area contributed by atoms with E-state index in [4.69, 9.17) is 0 Å². The Labute approximate surface area is 283 Å². The van der Waals surface area contributed by atoms with E-state index in [1.807, 2.05) is 98.7 Å². The van der Waals surface area contributed by atoms with Gasteiger partial charge in [0, 0.05) is 18.4 Å². The summed E-state index contributed by atoms with van der Waals surface area (Å²) in [7, 11) is -3.36. The van der Waals surface area contributed by atoms with Gasteiger partial charge in [-0.3, -0.25) is 4.79 Å². The van der Waals surface area contributed by atoms with Gasteiger partial charge in [0.15, 0.2) is 0 Å². The highest BCUT2D eigenvalue weighted by Crippen LogP contribution is 2.28. The Bertz CT molecular complexity index is 1170. The van der Waals surface area contributed by atoms with Crippen molar-refractivity contribution < 1.29 is 23.1 Å². The molecule has 2 aromatic carbocycles. The van der Waals surface area contributed by atoms with Crippen LogP contribution in [0.15, 0.2) is 42.5 Å². The summed E-state index contributed by atoms with van der Waals surface area (Å²) >= 11 is 0. The fourth-order valence-electron chi connectivity index (χ4n) is 4.60. The van der Waals surface area contributed by atoms with Crippen LogP contribution in [0.5, 0.6) is 0 Å². The second kappa shape index (κ2) is 29.7. The first-order valence-electron chi connectivity index (χ1n) is 17.7. The zero-order valence-electron chi connectivity index (χ0n) is 31.3. The van der Waals surface area contributed by atoms with Crippen molar-refractivity contribution in [2.45, 2.75) is 134 Å². The maximum atomic E-state index is 13.2. The molecule has 8 heteroatoms. The molecule has 0 saturated heterocycles. The lowest BCUT2D eigenvalue weighted by atomic mass is 9.93. The Morgan fingerprint density at radius 3 is 1.96 bits per heavy atom. The van der Waals surface area contributed by atoms with Crippen LogP contribution in [0.3, 0.4) is 0 Å². The number of rotatable bonds is 17. The molecule has 0 saturated carbocycles. The highest BCUT2D eigenvalue weighted by molar-refractivity contribution is 7.90. The summed E-state index contributed by atoms with van der Waals surface area (Å²) in [5.41, 5.74) is 4.00. The number of unbranched alkanes of at least 4 members (excludes halogenated alkanes) is 2. The molecule has 0 aliphatic heterocycles. The maximum Gasteiger partial charge on any atom is 0.326 e. The van der Waals surface area contributed by atoms with Crippen LogP contribution in [0.2, 0.25) is 0 Å². The third-order valence-electron chi connectivity index (χ3n) is 7.00. The van der Waals surface area contributed by atoms with E-state index in [-0.39, 0.29) is 12.2 Å². The number of carboxylic acid groups (broad SMARTS) is 1. The lowest BCUT2D eigenvalue weighted by Gasteiger charge is -2.18. The summed E-state index contributed by atoms with van der Waals surface area (Å²) in [5, 5.41) is 15.6. The van der Waals surface area contributed by atoms with Gasteiger partial charge < -0.3 is 15.7 Å². The molecular weight excluding hydrogens is 596 g/mol. The Morgan fingerprint density at radius 2 is 1.43 bits per heavy atom. The van der Waals surface area contributed by atoms with E-state index in [9.17, 15) is 23.1 Å². The number of amides is 1. The minimum absolute atomic E-state index is 0.196. The van der Waals surface area contributed by atoms with Gasteiger partial charge in [-0.25, -0.2) is 13.2 Å². The lowest BCUT2D eigenvalue weighted by Crippen LogP contribution is -2.42. The fourth-order valence-corrected chi connectivity index (χ4v) is 5.26. The Morgan fingerprint density at radius 1 is 0.826 bits per heavy atom. The maximum absolute atomic E-state index is 13.2. The molecule has 0 fully saturated rings. The molecule has 0 aliphatic carbocycles. The summed E-state index contributed by atoms with van der Waals surface area (Å²) in [6, 6.07) is 12.0. The van der Waals surface area contributed by atoms with Gasteiger partial charge in [-0.15, -0.1) is 0 Å². The number of sulfone groups is 1. The van der Waals surface area contributed by atoms with Gasteiger partial charge >= 0.3 is 5.97 Å². The third kappa shape index (κ3) is 20.4. The van der Waals surface area contributed by atoms with E-state index >= 15 is 0 Å². The molecule has 0 aliphatic rings. The molecule has 0 bridgehead atoms. The van der Waals surface area contributed by atoms with Crippen LogP contribution >= 0.6 is 0 Å². The molecule has 2 unspecified atom stereocenters. The van der Waals surface area contributed by atoms with Gasteiger partial charge in [-0.1, -0.05) is 132 Å². The van der Waals surface area contributed by atoms with Crippen molar-refractivity contribution in [2.24, 2.45) is 5.92 Å². The average molecular weight is 665 g/mol. The number of benzene rings is 2. The lowest BCUT2D eigenvalue weighted by molar-refractivity contribution is -0.139. The highest BCUT2D eigenvalue weighted by Gasteiger charge is 2.24. The minimum atomic E-state index is -3.36. The van der Waals surface area contributed by atoms with Gasteiger partial charge in [0.1, 0.15) is 15.9 Å². The van der Waals surface area contributed by atoms with Gasteiger partial charge in [0.2, 0.25) is 0 Å². The highest BCUT2D eigenvalue weighted by atomic mass is 32.2. The van der Waals surface area contributed by atoms with Crippen molar-refractivity contribution in [2.75, 3.05) is 18.6 Å². The van der Waals surface area contributed by atoms with Crippen molar-refractivity contribution in [3.63, 3.8) is 0 Å². The molecule has 0 spiro atoms. The van der Waals surface area contributed by atoms with Crippen molar-refractivity contribution in [1.29, 1.82) is 0 Å². The number of nitrogens with one attached hydrogen (secondary N) is 2. The summed E-state index contributed by atoms with van der Waals surface area (Å²) < 4.78 is 23.1. The number of carboxylic acids is 1. The largest absolute Gasteiger partial charge is 0.480 e. The predicted octanol–water partition coefficient (Wildman–Crippen LogP) is 9.47. The van der Waals surface area contributed by atoms with Crippen LogP contribution in [0, 0.1) is 12.8 Å². The number of aryl methyl sites for hydroxylation is 1. The van der Waals surface area contributed by atoms with Crippen molar-refractivity contribution in [3.8, 4) is 11.1 Å². The molecule has 46 heavy (non-hydrogen) atoms. The van der Waals surface area contributed by atoms with Crippen molar-refractivity contribution in [3.05, 3.63) is 59.2 Å². The van der Waals surface area contributed by atoms with E-state index < -0.39 is 27.8 Å². The predicted molar refractivity (Wildman–Crippen MR) is 199 cm³/mol. The van der Waals surface area contributed by atoms with Gasteiger partial charge in [-0.05, 0) is 66.6 Å². The Balaban J connectivity index is -0.00000214. The zero-order chi connectivity index (χ0) is 36.1. The second-order valence-electron chi connectivity index (χ2n) is 10.2. The number of hydrogen-bond acceptors (Lipinski definition) is 5. The first-order chi connectivity index (χ1) is 22.1. The van der Waals surface area contributed by atoms with Gasteiger partial charge in [0.25, 0.3) is 5.91 Å². The second-order valence-corrected chi connectivity index (χ2v) is 12.5. The quantitative estimate of drug-likeness (QED) is 0.145. The molecule has 266 valence electrons. The van der Waals surface area contributed by atoms with Gasteiger partial charge in [-0.2, -0.15) is 0 Å². The molecule has 7 nitrogen and oxygen atoms in total. The van der Waals surface area contributed by atoms with E-state index in [0.29, 0.717) is 12.1 Å². The van der Waals surface area contributed by atoms with Crippen LogP contribution in [-0.4, -0.2) is 50.0 Å². The van der Waals surface area contributed by atoms with E-state index in [2.05, 4.69) is 24.5 Å². The van der Waals surface area contributed by atoms with E-state index in [1.54, 1.807) is 6.07 Å². The average Bonchev–Trinajstić information content (AvgIpc) is 3.07. The Kier molecular flexibility index (Phi) is 30.8. The molecule has 0 aromatic heterocycles. The van der Waals surface area contributed by atoms with Crippen LogP contribution in [-0.2, 0) is 21.2 Å². The van der Waals surface area contributed by atoms with Crippen molar-refractivity contribution in [1.82, 2.24) is 10.6 Å².